The first-order valence-electron chi connectivity index (χ1n) is 4.94. The summed E-state index contributed by atoms with van der Waals surface area (Å²) in [6, 6.07) is 7.38. The minimum absolute atomic E-state index is 0.00570. The van der Waals surface area contributed by atoms with E-state index in [0.717, 1.165) is 9.26 Å². The number of nitrogens with one attached hydrogen (secondary N) is 2. The lowest BCUT2D eigenvalue weighted by Crippen LogP contribution is -2.38. The third-order valence-corrected chi connectivity index (χ3v) is 2.62. The van der Waals surface area contributed by atoms with Crippen LogP contribution in [0.2, 0.25) is 0 Å². The van der Waals surface area contributed by atoms with Crippen molar-refractivity contribution in [2.75, 3.05) is 19.0 Å². The molecule has 0 bridgehead atoms. The maximum atomic E-state index is 11.5. The van der Waals surface area contributed by atoms with Crippen molar-refractivity contribution in [2.45, 2.75) is 13.0 Å². The summed E-state index contributed by atoms with van der Waals surface area (Å²) in [5.41, 5.74) is 0.780. The van der Waals surface area contributed by atoms with E-state index in [1.165, 1.54) is 0 Å². The van der Waals surface area contributed by atoms with Crippen LogP contribution in [0.1, 0.15) is 6.92 Å². The molecular weight excluding hydrogens is 319 g/mol. The Labute approximate surface area is 109 Å². The number of rotatable bonds is 4. The van der Waals surface area contributed by atoms with Crippen LogP contribution in [0.15, 0.2) is 24.3 Å². The average molecular weight is 334 g/mol. The molecule has 4 nitrogen and oxygen atoms in total. The smallest absolute Gasteiger partial charge is 0.319 e. The molecule has 0 spiro atoms. The van der Waals surface area contributed by atoms with Crippen LogP contribution < -0.4 is 10.6 Å². The number of hydrogen-bond donors (Lipinski definition) is 2. The van der Waals surface area contributed by atoms with Gasteiger partial charge in [0, 0.05) is 16.4 Å². The third kappa shape index (κ3) is 4.80. The van der Waals surface area contributed by atoms with Crippen LogP contribution in [0, 0.1) is 3.57 Å². The van der Waals surface area contributed by atoms with E-state index < -0.39 is 0 Å². The number of urea groups is 1. The van der Waals surface area contributed by atoms with Gasteiger partial charge in [-0.2, -0.15) is 0 Å². The van der Waals surface area contributed by atoms with Gasteiger partial charge in [-0.05, 0) is 53.8 Å². The standard InChI is InChI=1S/C11H15IN2O2/c1-8(7-16-2)13-11(15)14-10-5-3-9(12)4-6-10/h3-6,8H,7H2,1-2H3,(H2,13,14,15)/t8-/m1/s1. The van der Waals surface area contributed by atoms with Gasteiger partial charge in [-0.25, -0.2) is 4.79 Å². The van der Waals surface area contributed by atoms with Crippen LogP contribution >= 0.6 is 22.6 Å². The predicted molar refractivity (Wildman–Crippen MR) is 72.7 cm³/mol. The Morgan fingerprint density at radius 1 is 1.44 bits per heavy atom. The van der Waals surface area contributed by atoms with Crippen LogP contribution in [0.3, 0.4) is 0 Å². The molecule has 0 fully saturated rings. The zero-order valence-corrected chi connectivity index (χ0v) is 11.4. The Morgan fingerprint density at radius 3 is 2.62 bits per heavy atom. The van der Waals surface area contributed by atoms with Crippen LogP contribution in [0.25, 0.3) is 0 Å². The van der Waals surface area contributed by atoms with Crippen molar-refractivity contribution >= 4 is 34.3 Å². The molecule has 1 aromatic carbocycles. The van der Waals surface area contributed by atoms with E-state index >= 15 is 0 Å². The highest BCUT2D eigenvalue weighted by molar-refractivity contribution is 14.1. The van der Waals surface area contributed by atoms with E-state index in [2.05, 4.69) is 33.2 Å². The number of carbonyl (C=O) groups excluding carboxylic acids is 1. The molecule has 88 valence electrons. The number of benzene rings is 1. The molecule has 0 aliphatic heterocycles. The van der Waals surface area contributed by atoms with Gasteiger partial charge in [0.1, 0.15) is 0 Å². The number of halogens is 1. The Morgan fingerprint density at radius 2 is 2.06 bits per heavy atom. The maximum absolute atomic E-state index is 11.5. The zero-order chi connectivity index (χ0) is 12.0. The van der Waals surface area contributed by atoms with E-state index in [9.17, 15) is 4.79 Å². The summed E-state index contributed by atoms with van der Waals surface area (Å²) in [7, 11) is 1.61. The highest BCUT2D eigenvalue weighted by Crippen LogP contribution is 2.10. The molecule has 1 aromatic rings. The Kier molecular flexibility index (Phi) is 5.54. The fraction of sp³-hybridized carbons (Fsp3) is 0.364. The Hall–Kier alpha value is -0.820. The van der Waals surface area contributed by atoms with Gasteiger partial charge in [-0.15, -0.1) is 0 Å². The van der Waals surface area contributed by atoms with Gasteiger partial charge in [-0.1, -0.05) is 0 Å². The van der Waals surface area contributed by atoms with E-state index in [-0.39, 0.29) is 12.1 Å². The Balaban J connectivity index is 2.42. The molecule has 0 unspecified atom stereocenters. The number of carbonyl (C=O) groups is 1. The molecule has 0 aliphatic carbocycles. The fourth-order valence-corrected chi connectivity index (χ4v) is 1.58. The number of methoxy groups -OCH3 is 1. The monoisotopic (exact) mass is 334 g/mol. The summed E-state index contributed by atoms with van der Waals surface area (Å²) < 4.78 is 6.06. The summed E-state index contributed by atoms with van der Waals surface area (Å²) >= 11 is 2.22. The minimum atomic E-state index is -0.217. The SMILES string of the molecule is COC[C@@H](C)NC(=O)Nc1ccc(I)cc1. The lowest BCUT2D eigenvalue weighted by Gasteiger charge is -2.13. The second kappa shape index (κ2) is 6.70. The van der Waals surface area contributed by atoms with E-state index in [1.54, 1.807) is 7.11 Å². The molecule has 0 aliphatic rings. The number of anilines is 1. The minimum Gasteiger partial charge on any atom is -0.383 e. The van der Waals surface area contributed by atoms with Crippen LogP contribution in [0.5, 0.6) is 0 Å². The summed E-state index contributed by atoms with van der Waals surface area (Å²) in [5, 5.41) is 5.52. The van der Waals surface area contributed by atoms with Crippen LogP contribution in [0.4, 0.5) is 10.5 Å². The summed E-state index contributed by atoms with van der Waals surface area (Å²) in [5.74, 6) is 0. The van der Waals surface area contributed by atoms with Crippen molar-refractivity contribution in [2.24, 2.45) is 0 Å². The highest BCUT2D eigenvalue weighted by atomic mass is 127. The van der Waals surface area contributed by atoms with Crippen molar-refractivity contribution in [1.29, 1.82) is 0 Å². The molecule has 2 amide bonds. The molecule has 16 heavy (non-hydrogen) atoms. The van der Waals surface area contributed by atoms with E-state index in [4.69, 9.17) is 4.74 Å². The quantitative estimate of drug-likeness (QED) is 0.831. The molecule has 0 radical (unpaired) electrons. The third-order valence-electron chi connectivity index (χ3n) is 1.90. The second-order valence-electron chi connectivity index (χ2n) is 3.46. The van der Waals surface area contributed by atoms with Gasteiger partial charge in [0.25, 0.3) is 0 Å². The van der Waals surface area contributed by atoms with Crippen molar-refractivity contribution in [3.8, 4) is 0 Å². The lowest BCUT2D eigenvalue weighted by atomic mass is 10.3. The summed E-state index contributed by atoms with van der Waals surface area (Å²) in [6.07, 6.45) is 0. The first kappa shape index (κ1) is 13.2. The van der Waals surface area contributed by atoms with Crippen LogP contribution in [-0.2, 0) is 4.74 Å². The van der Waals surface area contributed by atoms with Gasteiger partial charge in [0.15, 0.2) is 0 Å². The second-order valence-corrected chi connectivity index (χ2v) is 4.71. The largest absolute Gasteiger partial charge is 0.383 e. The highest BCUT2D eigenvalue weighted by Gasteiger charge is 2.06. The molecule has 1 atom stereocenters. The molecule has 2 N–H and O–H groups in total. The molecule has 0 saturated heterocycles. The average Bonchev–Trinajstić information content (AvgIpc) is 2.21. The molecule has 0 heterocycles. The molecule has 0 aromatic heterocycles. The maximum Gasteiger partial charge on any atom is 0.319 e. The van der Waals surface area contributed by atoms with Crippen molar-refractivity contribution in [3.05, 3.63) is 27.8 Å². The van der Waals surface area contributed by atoms with Crippen molar-refractivity contribution < 1.29 is 9.53 Å². The molecule has 5 heteroatoms. The Bertz CT molecular complexity index is 340. The van der Waals surface area contributed by atoms with Gasteiger partial charge in [-0.3, -0.25) is 0 Å². The van der Waals surface area contributed by atoms with E-state index in [0.29, 0.717) is 6.61 Å². The number of ether oxygens (including phenoxy) is 1. The summed E-state index contributed by atoms with van der Waals surface area (Å²) in [6.45, 7) is 2.39. The van der Waals surface area contributed by atoms with Crippen molar-refractivity contribution in [1.82, 2.24) is 5.32 Å². The zero-order valence-electron chi connectivity index (χ0n) is 9.29. The van der Waals surface area contributed by atoms with Crippen molar-refractivity contribution in [3.63, 3.8) is 0 Å². The fourth-order valence-electron chi connectivity index (χ4n) is 1.22. The van der Waals surface area contributed by atoms with Gasteiger partial charge in [0.05, 0.1) is 12.6 Å². The topological polar surface area (TPSA) is 50.4 Å². The summed E-state index contributed by atoms with van der Waals surface area (Å²) in [4.78, 5) is 11.5. The predicted octanol–water partition coefficient (Wildman–Crippen LogP) is 2.45. The molecule has 0 saturated carbocycles. The molecule has 1 rings (SSSR count). The number of amides is 2. The number of hydrogen-bond acceptors (Lipinski definition) is 2. The first-order chi connectivity index (χ1) is 7.61. The lowest BCUT2D eigenvalue weighted by molar-refractivity contribution is 0.173. The first-order valence-corrected chi connectivity index (χ1v) is 6.01. The van der Waals surface area contributed by atoms with Gasteiger partial charge < -0.3 is 15.4 Å². The normalized spacial score (nSPS) is 11.9. The van der Waals surface area contributed by atoms with Crippen LogP contribution in [-0.4, -0.2) is 25.8 Å². The van der Waals surface area contributed by atoms with Gasteiger partial charge >= 0.3 is 6.03 Å². The van der Waals surface area contributed by atoms with E-state index in [1.807, 2.05) is 31.2 Å². The van der Waals surface area contributed by atoms with Gasteiger partial charge in [0.2, 0.25) is 0 Å². The molecular formula is C11H15IN2O2.